The lowest BCUT2D eigenvalue weighted by atomic mass is 10.1. The standard InChI is InChI=1S/C21H26N5/c1-25-12-9-20-18(15-25)8-13-26(20)14-16-2-4-17(5-3-16)21(22)24-19-6-10-23-11-7-19/h2-5,8-9,12-13,15,19,23H,6-7,10-11,14H2,1H3,(H2,22,24)/q+1. The van der Waals surface area contributed by atoms with Gasteiger partial charge in [0.25, 0.3) is 0 Å². The van der Waals surface area contributed by atoms with Crippen LogP contribution < -0.4 is 15.6 Å². The van der Waals surface area contributed by atoms with Crippen LogP contribution in [0.2, 0.25) is 0 Å². The van der Waals surface area contributed by atoms with Crippen LogP contribution in [0.4, 0.5) is 0 Å². The average molecular weight is 348 g/mol. The van der Waals surface area contributed by atoms with Crippen LogP contribution in [0, 0.1) is 0 Å². The summed E-state index contributed by atoms with van der Waals surface area (Å²) in [4.78, 5) is 4.71. The molecule has 0 aliphatic carbocycles. The van der Waals surface area contributed by atoms with Gasteiger partial charge < -0.3 is 15.6 Å². The fourth-order valence-corrected chi connectivity index (χ4v) is 3.58. The number of nitrogens with one attached hydrogen (secondary N) is 1. The maximum absolute atomic E-state index is 6.22. The maximum atomic E-state index is 6.22. The summed E-state index contributed by atoms with van der Waals surface area (Å²) in [5.74, 6) is 0.655. The number of piperidine rings is 1. The van der Waals surface area contributed by atoms with Crippen LogP contribution in [0.3, 0.4) is 0 Å². The van der Waals surface area contributed by atoms with E-state index in [9.17, 15) is 0 Å². The van der Waals surface area contributed by atoms with Crippen LogP contribution >= 0.6 is 0 Å². The Morgan fingerprint density at radius 1 is 1.19 bits per heavy atom. The molecular weight excluding hydrogens is 322 g/mol. The molecule has 3 N–H and O–H groups in total. The van der Waals surface area contributed by atoms with Gasteiger partial charge in [0.05, 0.1) is 16.9 Å². The number of hydrogen-bond acceptors (Lipinski definition) is 2. The highest BCUT2D eigenvalue weighted by molar-refractivity contribution is 5.97. The molecule has 3 aromatic rings. The first-order valence-corrected chi connectivity index (χ1v) is 9.26. The maximum Gasteiger partial charge on any atom is 0.177 e. The average Bonchev–Trinajstić information content (AvgIpc) is 3.05. The zero-order chi connectivity index (χ0) is 17.9. The monoisotopic (exact) mass is 348 g/mol. The number of hydrogen-bond donors (Lipinski definition) is 2. The van der Waals surface area contributed by atoms with Gasteiger partial charge in [-0.1, -0.05) is 24.3 Å². The van der Waals surface area contributed by atoms with Gasteiger partial charge in [0, 0.05) is 24.4 Å². The molecule has 1 fully saturated rings. The highest BCUT2D eigenvalue weighted by Gasteiger charge is 2.12. The molecule has 134 valence electrons. The molecule has 1 aliphatic heterocycles. The third kappa shape index (κ3) is 3.63. The third-order valence-electron chi connectivity index (χ3n) is 5.08. The summed E-state index contributed by atoms with van der Waals surface area (Å²) in [6.07, 6.45) is 8.51. The first-order valence-electron chi connectivity index (χ1n) is 9.26. The van der Waals surface area contributed by atoms with Gasteiger partial charge in [0.1, 0.15) is 12.9 Å². The fourth-order valence-electron chi connectivity index (χ4n) is 3.58. The van der Waals surface area contributed by atoms with E-state index in [0.29, 0.717) is 11.9 Å². The van der Waals surface area contributed by atoms with Gasteiger partial charge in [-0.05, 0) is 37.6 Å². The van der Waals surface area contributed by atoms with Gasteiger partial charge >= 0.3 is 0 Å². The lowest BCUT2D eigenvalue weighted by molar-refractivity contribution is -0.670. The van der Waals surface area contributed by atoms with Gasteiger partial charge in [-0.25, -0.2) is 4.57 Å². The van der Waals surface area contributed by atoms with Crippen molar-refractivity contribution in [3.05, 3.63) is 66.1 Å². The van der Waals surface area contributed by atoms with Crippen LogP contribution in [0.15, 0.2) is 60.0 Å². The summed E-state index contributed by atoms with van der Waals surface area (Å²) in [5, 5.41) is 4.61. The van der Waals surface area contributed by atoms with Crippen LogP contribution in [0.25, 0.3) is 10.9 Å². The van der Waals surface area contributed by atoms with E-state index in [0.717, 1.165) is 38.0 Å². The number of aliphatic imine (C=N–C) groups is 1. The molecule has 1 aromatic carbocycles. The molecule has 0 unspecified atom stereocenters. The summed E-state index contributed by atoms with van der Waals surface area (Å²) in [6, 6.07) is 13.1. The van der Waals surface area contributed by atoms with Crippen LogP contribution in [-0.4, -0.2) is 29.5 Å². The topological polar surface area (TPSA) is 59.2 Å². The summed E-state index contributed by atoms with van der Waals surface area (Å²) in [5.41, 5.74) is 9.74. The Hall–Kier alpha value is -2.66. The van der Waals surface area contributed by atoms with Crippen molar-refractivity contribution in [1.82, 2.24) is 9.88 Å². The highest BCUT2D eigenvalue weighted by Crippen LogP contribution is 2.16. The van der Waals surface area contributed by atoms with Gasteiger partial charge in [-0.2, -0.15) is 0 Å². The molecule has 2 aromatic heterocycles. The number of rotatable bonds is 4. The number of aromatic nitrogens is 2. The van der Waals surface area contributed by atoms with Crippen LogP contribution in [0.1, 0.15) is 24.0 Å². The van der Waals surface area contributed by atoms with Crippen molar-refractivity contribution in [2.45, 2.75) is 25.4 Å². The smallest absolute Gasteiger partial charge is 0.177 e. The quantitative estimate of drug-likeness (QED) is 0.430. The van der Waals surface area contributed by atoms with Crippen molar-refractivity contribution in [2.75, 3.05) is 13.1 Å². The van der Waals surface area contributed by atoms with E-state index in [1.165, 1.54) is 16.5 Å². The van der Waals surface area contributed by atoms with Crippen molar-refractivity contribution in [1.29, 1.82) is 0 Å². The Bertz CT molecular complexity index is 917. The number of nitrogens with zero attached hydrogens (tertiary/aromatic N) is 3. The molecule has 0 saturated carbocycles. The van der Waals surface area contributed by atoms with Crippen molar-refractivity contribution in [2.24, 2.45) is 17.8 Å². The minimum absolute atomic E-state index is 0.350. The Balaban J connectivity index is 1.49. The number of fused-ring (bicyclic) bond motifs is 1. The summed E-state index contributed by atoms with van der Waals surface area (Å²) >= 11 is 0. The van der Waals surface area contributed by atoms with Crippen molar-refractivity contribution in [3.8, 4) is 0 Å². The zero-order valence-electron chi connectivity index (χ0n) is 15.2. The zero-order valence-corrected chi connectivity index (χ0v) is 15.2. The molecule has 1 saturated heterocycles. The minimum Gasteiger partial charge on any atom is -0.383 e. The molecule has 0 spiro atoms. The molecular formula is C21H26N5+. The van der Waals surface area contributed by atoms with Gasteiger partial charge in [0.2, 0.25) is 0 Å². The Labute approximate surface area is 154 Å². The molecule has 3 heterocycles. The van der Waals surface area contributed by atoms with E-state index in [1.54, 1.807) is 0 Å². The molecule has 0 bridgehead atoms. The Morgan fingerprint density at radius 2 is 1.96 bits per heavy atom. The molecule has 0 atom stereocenters. The Kier molecular flexibility index (Phi) is 4.71. The Morgan fingerprint density at radius 3 is 2.73 bits per heavy atom. The van der Waals surface area contributed by atoms with Gasteiger partial charge in [0.15, 0.2) is 12.4 Å². The number of amidine groups is 1. The molecule has 26 heavy (non-hydrogen) atoms. The SMILES string of the molecule is C[n+]1ccc2c(ccn2Cc2ccc(C(N)=NC3CCNCC3)cc2)c1. The number of pyridine rings is 1. The molecule has 5 heteroatoms. The summed E-state index contributed by atoms with van der Waals surface area (Å²) in [6.45, 7) is 2.91. The first-order chi connectivity index (χ1) is 12.7. The van der Waals surface area contributed by atoms with E-state index >= 15 is 0 Å². The minimum atomic E-state index is 0.350. The largest absolute Gasteiger partial charge is 0.383 e. The van der Waals surface area contributed by atoms with Crippen molar-refractivity contribution >= 4 is 16.7 Å². The van der Waals surface area contributed by atoms with E-state index in [4.69, 9.17) is 10.7 Å². The number of benzene rings is 1. The van der Waals surface area contributed by atoms with Crippen LogP contribution in [-0.2, 0) is 13.6 Å². The fraction of sp³-hybridized carbons (Fsp3) is 0.333. The summed E-state index contributed by atoms with van der Waals surface area (Å²) in [7, 11) is 2.05. The van der Waals surface area contributed by atoms with Gasteiger partial charge in [-0.15, -0.1) is 0 Å². The molecule has 0 amide bonds. The molecule has 0 radical (unpaired) electrons. The highest BCUT2D eigenvalue weighted by atomic mass is 15.0. The second-order valence-corrected chi connectivity index (χ2v) is 7.09. The lowest BCUT2D eigenvalue weighted by Crippen LogP contribution is -2.31. The predicted octanol–water partition coefficient (Wildman–Crippen LogP) is 1.97. The molecule has 4 rings (SSSR count). The predicted molar refractivity (Wildman–Crippen MR) is 105 cm³/mol. The second-order valence-electron chi connectivity index (χ2n) is 7.09. The molecule has 1 aliphatic rings. The second kappa shape index (κ2) is 7.30. The van der Waals surface area contributed by atoms with E-state index in [1.807, 2.05) is 7.05 Å². The van der Waals surface area contributed by atoms with Gasteiger partial charge in [-0.3, -0.25) is 4.99 Å². The number of aryl methyl sites for hydroxylation is 1. The third-order valence-corrected chi connectivity index (χ3v) is 5.08. The van der Waals surface area contributed by atoms with Crippen LogP contribution in [0.5, 0.6) is 0 Å². The van der Waals surface area contributed by atoms with Crippen molar-refractivity contribution < 1.29 is 4.57 Å². The normalized spacial score (nSPS) is 16.3. The van der Waals surface area contributed by atoms with E-state index in [2.05, 4.69) is 69.4 Å². The summed E-state index contributed by atoms with van der Waals surface area (Å²) < 4.78 is 4.35. The number of nitrogens with two attached hydrogens (primary N) is 1. The lowest BCUT2D eigenvalue weighted by Gasteiger charge is -2.19. The van der Waals surface area contributed by atoms with E-state index < -0.39 is 0 Å². The van der Waals surface area contributed by atoms with E-state index in [-0.39, 0.29) is 0 Å². The first kappa shape index (κ1) is 16.8. The van der Waals surface area contributed by atoms with Crippen molar-refractivity contribution in [3.63, 3.8) is 0 Å². The molecule has 5 nitrogen and oxygen atoms in total.